The third-order valence-corrected chi connectivity index (χ3v) is 6.59. The number of rotatable bonds is 7. The van der Waals surface area contributed by atoms with E-state index in [4.69, 9.17) is 4.52 Å². The third kappa shape index (κ3) is 4.56. The van der Waals surface area contributed by atoms with Gasteiger partial charge in [0.05, 0.1) is 29.4 Å². The number of hydrogen-bond acceptors (Lipinski definition) is 6. The van der Waals surface area contributed by atoms with E-state index in [2.05, 4.69) is 15.5 Å². The fourth-order valence-electron chi connectivity index (χ4n) is 3.33. The van der Waals surface area contributed by atoms with Crippen LogP contribution in [-0.2, 0) is 16.6 Å². The van der Waals surface area contributed by atoms with Crippen LogP contribution in [0.3, 0.4) is 0 Å². The number of amides is 1. The summed E-state index contributed by atoms with van der Waals surface area (Å²) < 4.78 is 48.2. The molecule has 2 aromatic heterocycles. The highest BCUT2D eigenvalue weighted by molar-refractivity contribution is 7.92. The maximum atomic E-state index is 14.5. The molecule has 0 fully saturated rings. The van der Waals surface area contributed by atoms with E-state index in [1.54, 1.807) is 38.1 Å². The number of nitrogens with one attached hydrogen (secondary N) is 1. The van der Waals surface area contributed by atoms with Gasteiger partial charge in [-0.25, -0.2) is 9.37 Å². The van der Waals surface area contributed by atoms with Crippen molar-refractivity contribution in [2.75, 3.05) is 4.31 Å². The smallest absolute Gasteiger partial charge is 0.282 e. The number of anilines is 1. The van der Waals surface area contributed by atoms with E-state index >= 15 is 0 Å². The van der Waals surface area contributed by atoms with Crippen LogP contribution < -0.4 is 9.62 Å². The first-order valence-corrected chi connectivity index (χ1v) is 11.6. The Hall–Kier alpha value is -3.79. The molecule has 10 heteroatoms. The average Bonchev–Trinajstić information content (AvgIpc) is 3.27. The summed E-state index contributed by atoms with van der Waals surface area (Å²) in [7, 11) is -4.26. The topological polar surface area (TPSA) is 105 Å². The molecule has 0 spiro atoms. The Labute approximate surface area is 190 Å². The number of nitrogens with zero attached hydrogens (tertiary/aromatic N) is 3. The highest BCUT2D eigenvalue weighted by atomic mass is 32.2. The van der Waals surface area contributed by atoms with Crippen LogP contribution in [0.5, 0.6) is 0 Å². The Morgan fingerprint density at radius 2 is 1.91 bits per heavy atom. The quantitative estimate of drug-likeness (QED) is 0.441. The largest absolute Gasteiger partial charge is 0.356 e. The zero-order valence-corrected chi connectivity index (χ0v) is 18.7. The summed E-state index contributed by atoms with van der Waals surface area (Å²) in [5.41, 5.74) is 0.811. The number of hydrogen-bond donors (Lipinski definition) is 1. The second-order valence-corrected chi connectivity index (χ2v) is 9.42. The van der Waals surface area contributed by atoms with Gasteiger partial charge in [0.2, 0.25) is 0 Å². The van der Waals surface area contributed by atoms with Crippen LogP contribution in [0.4, 0.5) is 10.1 Å². The van der Waals surface area contributed by atoms with Gasteiger partial charge in [-0.1, -0.05) is 35.5 Å². The Morgan fingerprint density at radius 3 is 2.64 bits per heavy atom. The van der Waals surface area contributed by atoms with Crippen LogP contribution >= 0.6 is 0 Å². The van der Waals surface area contributed by atoms with E-state index in [0.29, 0.717) is 5.56 Å². The monoisotopic (exact) mass is 468 g/mol. The molecule has 0 unspecified atom stereocenters. The van der Waals surface area contributed by atoms with Crippen LogP contribution in [0.1, 0.15) is 29.8 Å². The van der Waals surface area contributed by atoms with Crippen molar-refractivity contribution in [3.63, 3.8) is 0 Å². The van der Waals surface area contributed by atoms with Crippen LogP contribution in [0.15, 0.2) is 76.5 Å². The van der Waals surface area contributed by atoms with Crippen molar-refractivity contribution in [1.29, 1.82) is 0 Å². The summed E-state index contributed by atoms with van der Waals surface area (Å²) in [5.74, 6) is -1.39. The molecule has 0 radical (unpaired) electrons. The minimum absolute atomic E-state index is 0.0661. The molecular weight excluding hydrogens is 447 g/mol. The maximum Gasteiger partial charge on any atom is 0.282 e. The summed E-state index contributed by atoms with van der Waals surface area (Å²) in [5, 5.41) is 6.26. The van der Waals surface area contributed by atoms with Crippen molar-refractivity contribution in [1.82, 2.24) is 15.5 Å². The van der Waals surface area contributed by atoms with Crippen molar-refractivity contribution in [3.8, 4) is 0 Å². The number of aromatic nitrogens is 2. The number of sulfonamides is 1. The lowest BCUT2D eigenvalue weighted by molar-refractivity contribution is 0.0939. The predicted molar refractivity (Wildman–Crippen MR) is 121 cm³/mol. The summed E-state index contributed by atoms with van der Waals surface area (Å²) in [6.45, 7) is 3.43. The summed E-state index contributed by atoms with van der Waals surface area (Å²) in [6, 6.07) is 13.8. The van der Waals surface area contributed by atoms with Gasteiger partial charge in [0.1, 0.15) is 5.82 Å². The normalized spacial score (nSPS) is 11.6. The number of pyridine rings is 1. The lowest BCUT2D eigenvalue weighted by atomic mass is 10.1. The molecule has 0 saturated heterocycles. The molecule has 170 valence electrons. The van der Waals surface area contributed by atoms with E-state index < -0.39 is 21.7 Å². The molecular formula is C23H21FN4O4S. The van der Waals surface area contributed by atoms with Gasteiger partial charge >= 0.3 is 0 Å². The fourth-order valence-corrected chi connectivity index (χ4v) is 4.87. The second-order valence-electron chi connectivity index (χ2n) is 7.64. The molecule has 8 nitrogen and oxygen atoms in total. The van der Waals surface area contributed by atoms with E-state index in [-0.39, 0.29) is 39.8 Å². The molecule has 1 N–H and O–H groups in total. The number of carbonyl (C=O) groups is 1. The van der Waals surface area contributed by atoms with Crippen molar-refractivity contribution in [3.05, 3.63) is 83.9 Å². The molecule has 1 amide bonds. The standard InChI is InChI=1S/C23H21FN4O4S/c1-15(2)27-22(29)18-12-17(8-9-20(18)24)28(14-16-6-4-3-5-7-16)33(30,31)23-19-13-26-32-21(19)10-11-25-23/h3-13,15H,14H2,1-2H3,(H,27,29). The Balaban J connectivity index is 1.86. The number of halogens is 1. The number of benzene rings is 2. The van der Waals surface area contributed by atoms with E-state index in [1.165, 1.54) is 30.6 Å². The van der Waals surface area contributed by atoms with Gasteiger partial charge in [0.15, 0.2) is 10.6 Å². The SMILES string of the molecule is CC(C)NC(=O)c1cc(N(Cc2ccccc2)S(=O)(=O)c2nccc3oncc23)ccc1F. The summed E-state index contributed by atoms with van der Waals surface area (Å²) in [6.07, 6.45) is 2.59. The molecule has 4 aromatic rings. The molecule has 0 aliphatic heterocycles. The van der Waals surface area contributed by atoms with Gasteiger partial charge in [0.25, 0.3) is 15.9 Å². The highest BCUT2D eigenvalue weighted by Crippen LogP contribution is 2.30. The molecule has 0 atom stereocenters. The fraction of sp³-hybridized carbons (Fsp3) is 0.174. The lowest BCUT2D eigenvalue weighted by Crippen LogP contribution is -2.33. The molecule has 0 aliphatic rings. The first kappa shape index (κ1) is 22.4. The Kier molecular flexibility index (Phi) is 6.10. The third-order valence-electron chi connectivity index (χ3n) is 4.85. The first-order valence-electron chi connectivity index (χ1n) is 10.1. The minimum Gasteiger partial charge on any atom is -0.356 e. The van der Waals surface area contributed by atoms with Gasteiger partial charge in [-0.3, -0.25) is 9.10 Å². The van der Waals surface area contributed by atoms with Crippen molar-refractivity contribution < 1.29 is 22.1 Å². The van der Waals surface area contributed by atoms with Gasteiger partial charge in [-0.15, -0.1) is 0 Å². The van der Waals surface area contributed by atoms with Crippen LogP contribution in [0.2, 0.25) is 0 Å². The van der Waals surface area contributed by atoms with Crippen molar-refractivity contribution in [2.24, 2.45) is 0 Å². The van der Waals surface area contributed by atoms with Gasteiger partial charge in [-0.05, 0) is 37.6 Å². The molecule has 0 aliphatic carbocycles. The van der Waals surface area contributed by atoms with Crippen molar-refractivity contribution >= 4 is 32.6 Å². The van der Waals surface area contributed by atoms with E-state index in [0.717, 1.165) is 10.4 Å². The summed E-state index contributed by atoms with van der Waals surface area (Å²) >= 11 is 0. The van der Waals surface area contributed by atoms with Gasteiger partial charge in [-0.2, -0.15) is 8.42 Å². The van der Waals surface area contributed by atoms with E-state index in [9.17, 15) is 17.6 Å². The molecule has 4 rings (SSSR count). The Bertz CT molecular complexity index is 1400. The summed E-state index contributed by atoms with van der Waals surface area (Å²) in [4.78, 5) is 16.6. The number of carbonyl (C=O) groups excluding carboxylic acids is 1. The van der Waals surface area contributed by atoms with Crippen LogP contribution in [-0.4, -0.2) is 30.5 Å². The molecule has 0 saturated carbocycles. The molecule has 2 aromatic carbocycles. The van der Waals surface area contributed by atoms with Crippen LogP contribution in [0.25, 0.3) is 11.0 Å². The van der Waals surface area contributed by atoms with Crippen LogP contribution in [0, 0.1) is 5.82 Å². The lowest BCUT2D eigenvalue weighted by Gasteiger charge is -2.25. The van der Waals surface area contributed by atoms with E-state index in [1.807, 2.05) is 6.07 Å². The first-order chi connectivity index (χ1) is 15.8. The second kappa shape index (κ2) is 8.99. The molecule has 0 bridgehead atoms. The molecule has 33 heavy (non-hydrogen) atoms. The molecule has 2 heterocycles. The zero-order valence-electron chi connectivity index (χ0n) is 17.9. The minimum atomic E-state index is -4.26. The highest BCUT2D eigenvalue weighted by Gasteiger charge is 2.30. The Morgan fingerprint density at radius 1 is 1.15 bits per heavy atom. The number of fused-ring (bicyclic) bond motifs is 1. The predicted octanol–water partition coefficient (Wildman–Crippen LogP) is 3.90. The maximum absolute atomic E-state index is 14.5. The zero-order chi connectivity index (χ0) is 23.6. The average molecular weight is 469 g/mol. The van der Waals surface area contributed by atoms with Gasteiger partial charge < -0.3 is 9.84 Å². The van der Waals surface area contributed by atoms with Crippen molar-refractivity contribution in [2.45, 2.75) is 31.5 Å². The van der Waals surface area contributed by atoms with Gasteiger partial charge in [0, 0.05) is 18.3 Å².